The number of aliphatic hydroxyl groups excluding tert-OH is 1. The Morgan fingerprint density at radius 2 is 2.14 bits per heavy atom. The van der Waals surface area contributed by atoms with E-state index in [1.54, 1.807) is 0 Å². The van der Waals surface area contributed by atoms with Crippen molar-refractivity contribution in [2.24, 2.45) is 0 Å². The number of alkyl halides is 3. The van der Waals surface area contributed by atoms with E-state index in [4.69, 9.17) is 16.7 Å². The van der Waals surface area contributed by atoms with E-state index in [1.807, 2.05) is 0 Å². The Morgan fingerprint density at radius 3 is 2.57 bits per heavy atom. The molecule has 0 radical (unpaired) electrons. The van der Waals surface area contributed by atoms with E-state index in [0.717, 1.165) is 6.07 Å². The molecule has 6 heteroatoms. The number of halogens is 4. The van der Waals surface area contributed by atoms with Crippen molar-refractivity contribution >= 4 is 11.6 Å². The predicted molar refractivity (Wildman–Crippen MR) is 44.6 cm³/mol. The molecule has 0 aliphatic carbocycles. The molecule has 1 rings (SSSR count). The van der Waals surface area contributed by atoms with Gasteiger partial charge in [0, 0.05) is 5.56 Å². The third-order valence-electron chi connectivity index (χ3n) is 1.64. The van der Waals surface area contributed by atoms with Gasteiger partial charge in [0.1, 0.15) is 11.4 Å². The molecule has 0 aromatic carbocycles. The lowest BCUT2D eigenvalue weighted by molar-refractivity contribution is 0.144. The predicted octanol–water partition coefficient (Wildman–Crippen LogP) is 2.39. The standard InChI is InChI=1S/C8H7ClF3NO/c9-2-4-1-5(8(11)12)13-6(3-14)7(4)10/h1,8,14H,2-3H2. The molecule has 0 saturated carbocycles. The van der Waals surface area contributed by atoms with Crippen molar-refractivity contribution < 1.29 is 18.3 Å². The fourth-order valence-electron chi connectivity index (χ4n) is 0.978. The highest BCUT2D eigenvalue weighted by Crippen LogP contribution is 2.22. The molecule has 78 valence electrons. The van der Waals surface area contributed by atoms with Gasteiger partial charge in [-0.25, -0.2) is 18.2 Å². The van der Waals surface area contributed by atoms with E-state index in [-0.39, 0.29) is 11.4 Å². The normalized spacial score (nSPS) is 11.0. The number of rotatable bonds is 3. The van der Waals surface area contributed by atoms with Crippen molar-refractivity contribution in [3.63, 3.8) is 0 Å². The second kappa shape index (κ2) is 4.61. The largest absolute Gasteiger partial charge is 0.390 e. The number of hydrogen-bond acceptors (Lipinski definition) is 2. The Hall–Kier alpha value is -0.810. The number of pyridine rings is 1. The number of hydrogen-bond donors (Lipinski definition) is 1. The third kappa shape index (κ3) is 2.16. The Morgan fingerprint density at radius 1 is 1.50 bits per heavy atom. The summed E-state index contributed by atoms with van der Waals surface area (Å²) in [6.45, 7) is -0.726. The van der Waals surface area contributed by atoms with Gasteiger partial charge in [-0.2, -0.15) is 0 Å². The molecule has 0 bridgehead atoms. The van der Waals surface area contributed by atoms with Crippen molar-refractivity contribution in [3.8, 4) is 0 Å². The maximum Gasteiger partial charge on any atom is 0.280 e. The molecule has 1 heterocycles. The van der Waals surface area contributed by atoms with Gasteiger partial charge in [0.15, 0.2) is 5.82 Å². The van der Waals surface area contributed by atoms with Crippen molar-refractivity contribution in [1.82, 2.24) is 4.98 Å². The Balaban J connectivity index is 3.25. The van der Waals surface area contributed by atoms with Crippen LogP contribution in [0.15, 0.2) is 6.07 Å². The van der Waals surface area contributed by atoms with E-state index in [2.05, 4.69) is 4.98 Å². The second-order valence-electron chi connectivity index (χ2n) is 2.56. The van der Waals surface area contributed by atoms with Crippen LogP contribution in [0.1, 0.15) is 23.4 Å². The molecule has 0 aliphatic rings. The first kappa shape index (κ1) is 11.3. The second-order valence-corrected chi connectivity index (χ2v) is 2.83. The monoisotopic (exact) mass is 225 g/mol. The molecular weight excluding hydrogens is 219 g/mol. The van der Waals surface area contributed by atoms with Crippen LogP contribution in [-0.4, -0.2) is 10.1 Å². The summed E-state index contributed by atoms with van der Waals surface area (Å²) in [4.78, 5) is 3.27. The summed E-state index contributed by atoms with van der Waals surface area (Å²) < 4.78 is 37.6. The van der Waals surface area contributed by atoms with Crippen molar-refractivity contribution in [2.75, 3.05) is 0 Å². The van der Waals surface area contributed by atoms with Gasteiger partial charge in [0.25, 0.3) is 6.43 Å². The fourth-order valence-corrected chi connectivity index (χ4v) is 1.17. The maximum atomic E-state index is 13.2. The molecule has 0 aliphatic heterocycles. The van der Waals surface area contributed by atoms with Crippen molar-refractivity contribution in [1.29, 1.82) is 0 Å². The average molecular weight is 226 g/mol. The van der Waals surface area contributed by atoms with Gasteiger partial charge in [-0.1, -0.05) is 0 Å². The van der Waals surface area contributed by atoms with Crippen molar-refractivity contribution in [2.45, 2.75) is 18.9 Å². The molecule has 1 N–H and O–H groups in total. The van der Waals surface area contributed by atoms with E-state index in [1.165, 1.54) is 0 Å². The quantitative estimate of drug-likeness (QED) is 0.802. The summed E-state index contributed by atoms with van der Waals surface area (Å²) in [5.74, 6) is -1.06. The molecule has 0 spiro atoms. The van der Waals surface area contributed by atoms with Crippen LogP contribution in [0.4, 0.5) is 13.2 Å². The molecule has 1 aromatic rings. The minimum atomic E-state index is -2.80. The first-order valence-electron chi connectivity index (χ1n) is 3.73. The minimum Gasteiger partial charge on any atom is -0.390 e. The lowest BCUT2D eigenvalue weighted by Crippen LogP contribution is -2.03. The van der Waals surface area contributed by atoms with Crippen molar-refractivity contribution in [3.05, 3.63) is 28.8 Å². The topological polar surface area (TPSA) is 33.1 Å². The SMILES string of the molecule is OCc1nc(C(F)F)cc(CCl)c1F. The number of nitrogens with zero attached hydrogens (tertiary/aromatic N) is 1. The average Bonchev–Trinajstić information content (AvgIpc) is 2.17. The van der Waals surface area contributed by atoms with Crippen LogP contribution in [-0.2, 0) is 12.5 Å². The van der Waals surface area contributed by atoms with Crippen LogP contribution in [0.3, 0.4) is 0 Å². The summed E-state index contributed by atoms with van der Waals surface area (Å²) >= 11 is 5.34. The highest BCUT2D eigenvalue weighted by atomic mass is 35.5. The van der Waals surface area contributed by atoms with Gasteiger partial charge in [-0.05, 0) is 6.07 Å². The number of aliphatic hydroxyl groups is 1. The Kier molecular flexibility index (Phi) is 3.71. The van der Waals surface area contributed by atoms with Gasteiger partial charge in [-0.15, -0.1) is 11.6 Å². The van der Waals surface area contributed by atoms with Crippen LogP contribution >= 0.6 is 11.6 Å². The lowest BCUT2D eigenvalue weighted by Gasteiger charge is -2.06. The minimum absolute atomic E-state index is 0.0824. The van der Waals surface area contributed by atoms with E-state index in [9.17, 15) is 13.2 Å². The van der Waals surface area contributed by atoms with Crippen LogP contribution in [0.5, 0.6) is 0 Å². The maximum absolute atomic E-state index is 13.2. The summed E-state index contributed by atoms with van der Waals surface area (Å²) in [7, 11) is 0. The molecule has 0 unspecified atom stereocenters. The van der Waals surface area contributed by atoms with Gasteiger partial charge >= 0.3 is 0 Å². The molecule has 1 aromatic heterocycles. The van der Waals surface area contributed by atoms with Crippen LogP contribution < -0.4 is 0 Å². The number of aromatic nitrogens is 1. The molecule has 2 nitrogen and oxygen atoms in total. The van der Waals surface area contributed by atoms with E-state index in [0.29, 0.717) is 0 Å². The smallest absolute Gasteiger partial charge is 0.280 e. The third-order valence-corrected chi connectivity index (χ3v) is 1.93. The van der Waals surface area contributed by atoms with Crippen LogP contribution in [0.25, 0.3) is 0 Å². The zero-order valence-electron chi connectivity index (χ0n) is 6.98. The van der Waals surface area contributed by atoms with Crippen LogP contribution in [0, 0.1) is 5.82 Å². The summed E-state index contributed by atoms with van der Waals surface area (Å²) in [6.07, 6.45) is -2.80. The summed E-state index contributed by atoms with van der Waals surface area (Å²) in [5, 5.41) is 8.65. The summed E-state index contributed by atoms with van der Waals surface area (Å²) in [5.41, 5.74) is -1.06. The molecule has 0 fully saturated rings. The zero-order chi connectivity index (χ0) is 10.7. The highest BCUT2D eigenvalue weighted by Gasteiger charge is 2.16. The van der Waals surface area contributed by atoms with Gasteiger partial charge in [-0.3, -0.25) is 0 Å². The molecule has 0 amide bonds. The summed E-state index contributed by atoms with van der Waals surface area (Å²) in [6, 6.07) is 0.895. The molecule has 14 heavy (non-hydrogen) atoms. The fraction of sp³-hybridized carbons (Fsp3) is 0.375. The first-order valence-corrected chi connectivity index (χ1v) is 4.26. The van der Waals surface area contributed by atoms with E-state index < -0.39 is 30.2 Å². The Bertz CT molecular complexity index is 307. The van der Waals surface area contributed by atoms with Crippen LogP contribution in [0.2, 0.25) is 0 Å². The first-order chi connectivity index (χ1) is 6.60. The molecule has 0 atom stereocenters. The zero-order valence-corrected chi connectivity index (χ0v) is 7.73. The van der Waals surface area contributed by atoms with E-state index >= 15 is 0 Å². The molecule has 0 saturated heterocycles. The van der Waals surface area contributed by atoms with Gasteiger partial charge in [0.05, 0.1) is 12.5 Å². The highest BCUT2D eigenvalue weighted by molar-refractivity contribution is 6.17. The molecular formula is C8H7ClF3NO. The van der Waals surface area contributed by atoms with Gasteiger partial charge < -0.3 is 5.11 Å². The lowest BCUT2D eigenvalue weighted by atomic mass is 10.2. The van der Waals surface area contributed by atoms with Gasteiger partial charge in [0.2, 0.25) is 0 Å². The Labute approximate surface area is 83.3 Å².